The van der Waals surface area contributed by atoms with Gasteiger partial charge in [-0.15, -0.1) is 0 Å². The molecule has 0 unspecified atom stereocenters. The van der Waals surface area contributed by atoms with E-state index in [0.29, 0.717) is 36.1 Å². The molecule has 0 saturated carbocycles. The number of nitrogens with one attached hydrogen (secondary N) is 7. The van der Waals surface area contributed by atoms with Gasteiger partial charge in [0.1, 0.15) is 42.3 Å². The van der Waals surface area contributed by atoms with E-state index < -0.39 is 127 Å². The molecule has 0 aromatic heterocycles. The Morgan fingerprint density at radius 3 is 1.51 bits per heavy atom. The molecule has 0 spiro atoms. The van der Waals surface area contributed by atoms with Gasteiger partial charge < -0.3 is 69.5 Å². The molecule has 0 bridgehead atoms. The first-order valence-corrected chi connectivity index (χ1v) is 25.1. The van der Waals surface area contributed by atoms with Crippen LogP contribution in [0, 0.1) is 0 Å². The van der Waals surface area contributed by atoms with Gasteiger partial charge >= 0.3 is 11.9 Å². The number of likely N-dealkylation sites (tertiary alicyclic amines) is 1. The Balaban J connectivity index is 1.40. The molecule has 2 fully saturated rings. The smallest absolute Gasteiger partial charge is 0.326 e. The first-order chi connectivity index (χ1) is 36.4. The van der Waals surface area contributed by atoms with E-state index in [1.54, 1.807) is 91.0 Å². The molecule has 8 amide bonds. The highest BCUT2D eigenvalue weighted by Gasteiger charge is 2.40. The second kappa shape index (κ2) is 29.5. The Morgan fingerprint density at radius 1 is 0.579 bits per heavy atom. The summed E-state index contributed by atoms with van der Waals surface area (Å²) < 4.78 is 0. The van der Waals surface area contributed by atoms with Crippen molar-refractivity contribution in [1.29, 1.82) is 0 Å². The van der Waals surface area contributed by atoms with Crippen LogP contribution in [-0.2, 0) is 67.2 Å². The standard InChI is InChI=1S/C52H68N12O12/c53-42(65)30-39(49(73)59-36(22-23-43(66)67)46(70)63-40(29-33-17-8-3-9-18-33)50(74)64-26-12-21-41(64)51(75)76)62-48(72)38(28-32-15-6-2-7-16-32)61-47(71)37(27-31-13-4-1-5-14-31)60-45(69)35(20-11-25-57-52(54)55)58-44(68)34-19-10-24-56-34/h1-9,13-18,34-41,56H,10-12,19-30H2,(H2,53,65)(H,58,68)(H,59,73)(H,60,69)(H,61,71)(H,62,72)(H,63,70)(H,66,67)(H,75,76)(H4,54,55,57)/t34-,35-,36-,37-,38-,39-,40-,41+/m0/s1. The van der Waals surface area contributed by atoms with E-state index in [9.17, 15) is 58.2 Å². The predicted molar refractivity (Wildman–Crippen MR) is 276 cm³/mol. The van der Waals surface area contributed by atoms with Crippen LogP contribution in [0.25, 0.3) is 0 Å². The number of hydrogen-bond acceptors (Lipinski definition) is 12. The van der Waals surface area contributed by atoms with Crippen molar-refractivity contribution in [3.05, 3.63) is 108 Å². The van der Waals surface area contributed by atoms with Crippen molar-refractivity contribution in [2.24, 2.45) is 22.2 Å². The number of carbonyl (C=O) groups excluding carboxylic acids is 8. The third-order valence-electron chi connectivity index (χ3n) is 12.8. The molecule has 76 heavy (non-hydrogen) atoms. The Labute approximate surface area is 439 Å². The van der Waals surface area contributed by atoms with Crippen molar-refractivity contribution in [3.8, 4) is 0 Å². The summed E-state index contributed by atoms with van der Waals surface area (Å²) in [4.78, 5) is 140. The molecule has 0 radical (unpaired) electrons. The van der Waals surface area contributed by atoms with Crippen LogP contribution in [0.15, 0.2) is 96.0 Å². The Hall–Kier alpha value is -8.41. The Bertz CT molecular complexity index is 2530. The maximum Gasteiger partial charge on any atom is 0.326 e. The summed E-state index contributed by atoms with van der Waals surface area (Å²) in [6, 6.07) is 15.0. The van der Waals surface area contributed by atoms with Crippen LogP contribution in [0.3, 0.4) is 0 Å². The first kappa shape index (κ1) is 58.5. The molecule has 5 rings (SSSR count). The zero-order valence-corrected chi connectivity index (χ0v) is 42.0. The fraction of sp³-hybridized carbons (Fsp3) is 0.442. The van der Waals surface area contributed by atoms with E-state index in [4.69, 9.17) is 17.2 Å². The predicted octanol–water partition coefficient (Wildman–Crippen LogP) is -1.76. The molecular formula is C52H68N12O12. The van der Waals surface area contributed by atoms with Crippen LogP contribution < -0.4 is 54.4 Å². The van der Waals surface area contributed by atoms with E-state index in [1.165, 1.54) is 0 Å². The highest BCUT2D eigenvalue weighted by Crippen LogP contribution is 2.20. The topological polar surface area (TPSA) is 389 Å². The van der Waals surface area contributed by atoms with Gasteiger partial charge in [-0.1, -0.05) is 91.0 Å². The monoisotopic (exact) mass is 1050 g/mol. The van der Waals surface area contributed by atoms with E-state index >= 15 is 0 Å². The number of nitrogens with zero attached hydrogens (tertiary/aromatic N) is 2. The van der Waals surface area contributed by atoms with Crippen molar-refractivity contribution in [2.45, 2.75) is 125 Å². The summed E-state index contributed by atoms with van der Waals surface area (Å²) in [5, 5.41) is 38.2. The molecule has 408 valence electrons. The van der Waals surface area contributed by atoms with Gasteiger partial charge in [0.25, 0.3) is 0 Å². The number of amides is 8. The summed E-state index contributed by atoms with van der Waals surface area (Å²) in [6.45, 7) is 0.858. The lowest BCUT2D eigenvalue weighted by atomic mass is 10.0. The number of aliphatic imine (C=N–C) groups is 1. The molecule has 8 atom stereocenters. The normalized spacial score (nSPS) is 17.2. The number of rotatable bonds is 29. The number of hydrogen-bond donors (Lipinski definition) is 12. The Kier molecular flexibility index (Phi) is 22.7. The third-order valence-corrected chi connectivity index (χ3v) is 12.8. The van der Waals surface area contributed by atoms with Crippen molar-refractivity contribution >= 4 is 65.2 Å². The minimum absolute atomic E-state index is 0.0835. The van der Waals surface area contributed by atoms with Crippen LogP contribution in [-0.4, -0.2) is 148 Å². The van der Waals surface area contributed by atoms with E-state index in [1.807, 2.05) is 0 Å². The third kappa shape index (κ3) is 18.8. The van der Waals surface area contributed by atoms with E-state index in [2.05, 4.69) is 42.2 Å². The summed E-state index contributed by atoms with van der Waals surface area (Å²) in [5.41, 5.74) is 18.3. The molecule has 24 heteroatoms. The summed E-state index contributed by atoms with van der Waals surface area (Å²) >= 11 is 0. The van der Waals surface area contributed by atoms with Crippen molar-refractivity contribution < 1.29 is 58.2 Å². The van der Waals surface area contributed by atoms with Crippen LogP contribution in [0.5, 0.6) is 0 Å². The SMILES string of the molecule is NC(=O)C[C@H](NC(=O)[C@H](Cc1ccccc1)NC(=O)[C@H](Cc1ccccc1)NC(=O)[C@H](CCCN=C(N)N)NC(=O)[C@@H]1CCCN1)C(=O)N[C@@H](CCC(=O)O)C(=O)N[C@@H](Cc1ccccc1)C(=O)N1CCC[C@@H]1C(=O)O. The van der Waals surface area contributed by atoms with Crippen molar-refractivity contribution in [1.82, 2.24) is 42.1 Å². The molecule has 15 N–H and O–H groups in total. The van der Waals surface area contributed by atoms with Gasteiger partial charge in [0.15, 0.2) is 5.96 Å². The minimum atomic E-state index is -1.82. The maximum absolute atomic E-state index is 14.6. The zero-order chi connectivity index (χ0) is 55.1. The lowest BCUT2D eigenvalue weighted by molar-refractivity contribution is -0.149. The number of carbonyl (C=O) groups is 10. The van der Waals surface area contributed by atoms with Crippen LogP contribution in [0.4, 0.5) is 0 Å². The van der Waals surface area contributed by atoms with Gasteiger partial charge in [0, 0.05) is 38.8 Å². The first-order valence-electron chi connectivity index (χ1n) is 25.1. The quantitative estimate of drug-likeness (QED) is 0.0208. The molecule has 2 saturated heterocycles. The summed E-state index contributed by atoms with van der Waals surface area (Å²) in [6.07, 6.45) is -0.164. The fourth-order valence-corrected chi connectivity index (χ4v) is 8.92. The number of carboxylic acid groups (broad SMARTS) is 2. The second-order valence-corrected chi connectivity index (χ2v) is 18.7. The lowest BCUT2D eigenvalue weighted by Gasteiger charge is -2.29. The summed E-state index contributed by atoms with van der Waals surface area (Å²) in [5.74, 6) is -9.69. The number of carboxylic acids is 2. The number of primary amides is 1. The average molecular weight is 1050 g/mol. The molecule has 24 nitrogen and oxygen atoms in total. The number of benzene rings is 3. The van der Waals surface area contributed by atoms with Crippen LogP contribution in [0.2, 0.25) is 0 Å². The molecule has 3 aromatic rings. The number of guanidine groups is 1. The lowest BCUT2D eigenvalue weighted by Crippen LogP contribution is -2.61. The van der Waals surface area contributed by atoms with E-state index in [-0.39, 0.29) is 57.6 Å². The number of nitrogens with two attached hydrogens (primary N) is 3. The molecule has 2 aliphatic rings. The average Bonchev–Trinajstić information content (AvgIpc) is 4.13. The van der Waals surface area contributed by atoms with Crippen molar-refractivity contribution in [3.63, 3.8) is 0 Å². The highest BCUT2D eigenvalue weighted by molar-refractivity contribution is 5.99. The zero-order valence-electron chi connectivity index (χ0n) is 42.0. The van der Waals surface area contributed by atoms with Gasteiger partial charge in [-0.3, -0.25) is 48.1 Å². The molecule has 2 aliphatic heterocycles. The fourth-order valence-electron chi connectivity index (χ4n) is 8.92. The number of aliphatic carboxylic acids is 2. The second-order valence-electron chi connectivity index (χ2n) is 18.7. The van der Waals surface area contributed by atoms with Gasteiger partial charge in [0.2, 0.25) is 47.3 Å². The van der Waals surface area contributed by atoms with Crippen molar-refractivity contribution in [2.75, 3.05) is 19.6 Å². The van der Waals surface area contributed by atoms with Gasteiger partial charge in [0.05, 0.1) is 12.5 Å². The van der Waals surface area contributed by atoms with Gasteiger partial charge in [-0.05, 0) is 68.2 Å². The largest absolute Gasteiger partial charge is 0.481 e. The van der Waals surface area contributed by atoms with E-state index in [0.717, 1.165) is 11.3 Å². The molecule has 3 aromatic carbocycles. The van der Waals surface area contributed by atoms with Crippen LogP contribution >= 0.6 is 0 Å². The molecular weight excluding hydrogens is 985 g/mol. The Morgan fingerprint density at radius 2 is 1.04 bits per heavy atom. The highest BCUT2D eigenvalue weighted by atomic mass is 16.4. The minimum Gasteiger partial charge on any atom is -0.481 e. The maximum atomic E-state index is 14.6. The molecule has 2 heterocycles. The summed E-state index contributed by atoms with van der Waals surface area (Å²) in [7, 11) is 0. The van der Waals surface area contributed by atoms with Gasteiger partial charge in [-0.25, -0.2) is 4.79 Å². The molecule has 0 aliphatic carbocycles. The van der Waals surface area contributed by atoms with Crippen LogP contribution in [0.1, 0.15) is 74.5 Å². The van der Waals surface area contributed by atoms with Gasteiger partial charge in [-0.2, -0.15) is 0 Å².